The molecular weight excluding hydrogens is 374 g/mol. The third-order valence-corrected chi connectivity index (χ3v) is 5.14. The number of amides is 1. The zero-order chi connectivity index (χ0) is 21.6. The first-order valence-electron chi connectivity index (χ1n) is 10.2. The Morgan fingerprint density at radius 2 is 1.80 bits per heavy atom. The van der Waals surface area contributed by atoms with Crippen LogP contribution in [-0.2, 0) is 5.54 Å². The second-order valence-corrected chi connectivity index (χ2v) is 8.96. The molecule has 0 fully saturated rings. The molecule has 6 heteroatoms. The highest BCUT2D eigenvalue weighted by Gasteiger charge is 2.25. The summed E-state index contributed by atoms with van der Waals surface area (Å²) in [6.45, 7) is 12.3. The monoisotopic (exact) mass is 401 g/mol. The van der Waals surface area contributed by atoms with Crippen LogP contribution in [0, 0.1) is 6.92 Å². The van der Waals surface area contributed by atoms with E-state index in [0.29, 0.717) is 11.4 Å². The van der Waals surface area contributed by atoms with Gasteiger partial charge in [-0.3, -0.25) is 4.79 Å². The molecule has 0 atom stereocenters. The van der Waals surface area contributed by atoms with E-state index in [2.05, 4.69) is 44.9 Å². The van der Waals surface area contributed by atoms with Gasteiger partial charge in [-0.2, -0.15) is 5.10 Å². The number of para-hydroxylation sites is 1. The molecule has 30 heavy (non-hydrogen) atoms. The van der Waals surface area contributed by atoms with Crippen molar-refractivity contribution >= 4 is 33.7 Å². The largest absolute Gasteiger partial charge is 0.307 e. The summed E-state index contributed by atoms with van der Waals surface area (Å²) >= 11 is 0. The molecule has 4 aromatic rings. The fourth-order valence-electron chi connectivity index (χ4n) is 3.57. The molecular formula is C24H27N5O. The van der Waals surface area contributed by atoms with Crippen LogP contribution in [0.25, 0.3) is 21.9 Å². The van der Waals surface area contributed by atoms with Crippen molar-refractivity contribution in [3.05, 3.63) is 59.4 Å². The number of aryl methyl sites for hydroxylation is 1. The van der Waals surface area contributed by atoms with Gasteiger partial charge in [-0.1, -0.05) is 32.0 Å². The molecule has 1 aromatic carbocycles. The van der Waals surface area contributed by atoms with E-state index < -0.39 is 0 Å². The number of rotatable bonds is 3. The Morgan fingerprint density at radius 1 is 1.07 bits per heavy atom. The fraction of sp³-hybridized carbons (Fsp3) is 0.333. The first-order chi connectivity index (χ1) is 14.1. The molecule has 0 aliphatic heterocycles. The van der Waals surface area contributed by atoms with Crippen LogP contribution < -0.4 is 5.32 Å². The maximum atomic E-state index is 13.3. The van der Waals surface area contributed by atoms with E-state index in [1.807, 2.05) is 54.1 Å². The predicted molar refractivity (Wildman–Crippen MR) is 121 cm³/mol. The zero-order valence-corrected chi connectivity index (χ0v) is 18.3. The molecule has 0 radical (unpaired) electrons. The Labute approximate surface area is 176 Å². The minimum Gasteiger partial charge on any atom is -0.307 e. The van der Waals surface area contributed by atoms with E-state index in [0.717, 1.165) is 33.3 Å². The average molecular weight is 402 g/mol. The van der Waals surface area contributed by atoms with Crippen molar-refractivity contribution in [2.75, 3.05) is 5.32 Å². The van der Waals surface area contributed by atoms with Gasteiger partial charge in [0.05, 0.1) is 27.7 Å². The van der Waals surface area contributed by atoms with E-state index in [1.165, 1.54) is 0 Å². The SMILES string of the molecule is Cc1nn(C(C)(C)C)c2nc(C(C)C)cc(C(=O)Nc3ccc4ccccc4n3)c12. The van der Waals surface area contributed by atoms with Crippen LogP contribution in [0.5, 0.6) is 0 Å². The first kappa shape index (κ1) is 20.0. The summed E-state index contributed by atoms with van der Waals surface area (Å²) < 4.78 is 1.91. The van der Waals surface area contributed by atoms with E-state index >= 15 is 0 Å². The number of benzene rings is 1. The van der Waals surface area contributed by atoms with Crippen LogP contribution in [0.15, 0.2) is 42.5 Å². The van der Waals surface area contributed by atoms with E-state index in [1.54, 1.807) is 0 Å². The molecule has 6 nitrogen and oxygen atoms in total. The zero-order valence-electron chi connectivity index (χ0n) is 18.3. The molecule has 4 rings (SSSR count). The van der Waals surface area contributed by atoms with Crippen LogP contribution in [0.3, 0.4) is 0 Å². The van der Waals surface area contributed by atoms with Gasteiger partial charge in [0.15, 0.2) is 5.65 Å². The number of hydrogen-bond acceptors (Lipinski definition) is 4. The predicted octanol–water partition coefficient (Wildman–Crippen LogP) is 5.42. The van der Waals surface area contributed by atoms with Crippen LogP contribution >= 0.6 is 0 Å². The molecule has 0 unspecified atom stereocenters. The van der Waals surface area contributed by atoms with Crippen molar-refractivity contribution in [2.45, 2.75) is 53.0 Å². The van der Waals surface area contributed by atoms with Crippen molar-refractivity contribution in [3.8, 4) is 0 Å². The Kier molecular flexibility index (Phi) is 4.80. The Bertz CT molecular complexity index is 1260. The van der Waals surface area contributed by atoms with Crippen molar-refractivity contribution in [1.29, 1.82) is 0 Å². The molecule has 0 aliphatic carbocycles. The number of nitrogens with zero attached hydrogens (tertiary/aromatic N) is 4. The lowest BCUT2D eigenvalue weighted by atomic mass is 10.0. The molecule has 154 valence electrons. The lowest BCUT2D eigenvalue weighted by molar-refractivity contribution is 0.102. The van der Waals surface area contributed by atoms with Gasteiger partial charge < -0.3 is 5.32 Å². The summed E-state index contributed by atoms with van der Waals surface area (Å²) in [6.07, 6.45) is 0. The van der Waals surface area contributed by atoms with Gasteiger partial charge in [0.1, 0.15) is 5.82 Å². The number of carbonyl (C=O) groups is 1. The van der Waals surface area contributed by atoms with Crippen LogP contribution in [0.1, 0.15) is 62.3 Å². The third-order valence-electron chi connectivity index (χ3n) is 5.14. The third kappa shape index (κ3) is 3.54. The van der Waals surface area contributed by atoms with Gasteiger partial charge in [0.2, 0.25) is 0 Å². The van der Waals surface area contributed by atoms with Crippen LogP contribution in [0.2, 0.25) is 0 Å². The molecule has 1 amide bonds. The molecule has 1 N–H and O–H groups in total. The molecule has 3 heterocycles. The van der Waals surface area contributed by atoms with Gasteiger partial charge >= 0.3 is 0 Å². The lowest BCUT2D eigenvalue weighted by Crippen LogP contribution is -2.24. The van der Waals surface area contributed by atoms with Crippen molar-refractivity contribution < 1.29 is 4.79 Å². The Hall–Kier alpha value is -3.28. The van der Waals surface area contributed by atoms with Gasteiger partial charge in [-0.05, 0) is 57.9 Å². The Balaban J connectivity index is 1.83. The number of hydrogen-bond donors (Lipinski definition) is 1. The van der Waals surface area contributed by atoms with Crippen molar-refractivity contribution in [3.63, 3.8) is 0 Å². The summed E-state index contributed by atoms with van der Waals surface area (Å²) in [4.78, 5) is 22.8. The molecule has 0 spiro atoms. The number of carbonyl (C=O) groups excluding carboxylic acids is 1. The number of anilines is 1. The Morgan fingerprint density at radius 3 is 2.50 bits per heavy atom. The number of fused-ring (bicyclic) bond motifs is 2. The van der Waals surface area contributed by atoms with Crippen LogP contribution in [0.4, 0.5) is 5.82 Å². The van der Waals surface area contributed by atoms with Crippen molar-refractivity contribution in [1.82, 2.24) is 19.7 Å². The summed E-state index contributed by atoms with van der Waals surface area (Å²) in [5.74, 6) is 0.502. The fourth-order valence-corrected chi connectivity index (χ4v) is 3.57. The van der Waals surface area contributed by atoms with E-state index in [4.69, 9.17) is 10.1 Å². The molecule has 0 saturated carbocycles. The minimum atomic E-state index is -0.247. The second kappa shape index (κ2) is 7.20. The summed E-state index contributed by atoms with van der Waals surface area (Å²) in [5, 5.41) is 9.50. The molecule has 3 aromatic heterocycles. The highest BCUT2D eigenvalue weighted by atomic mass is 16.1. The number of nitrogens with one attached hydrogen (secondary N) is 1. The van der Waals surface area contributed by atoms with Gasteiger partial charge in [0.25, 0.3) is 5.91 Å². The second-order valence-electron chi connectivity index (χ2n) is 8.96. The average Bonchev–Trinajstić information content (AvgIpc) is 3.04. The van der Waals surface area contributed by atoms with E-state index in [-0.39, 0.29) is 17.4 Å². The first-order valence-corrected chi connectivity index (χ1v) is 10.2. The van der Waals surface area contributed by atoms with Crippen LogP contribution in [-0.4, -0.2) is 25.7 Å². The standard InChI is InChI=1S/C24H27N5O/c1-14(2)19-13-17(21-15(3)28-29(22(21)26-19)24(4,5)6)23(30)27-20-12-11-16-9-7-8-10-18(16)25-20/h7-14H,1-6H3,(H,25,27,30). The summed E-state index contributed by atoms with van der Waals surface area (Å²) in [6, 6.07) is 13.5. The highest BCUT2D eigenvalue weighted by Crippen LogP contribution is 2.29. The normalized spacial score (nSPS) is 12.1. The highest BCUT2D eigenvalue weighted by molar-refractivity contribution is 6.12. The van der Waals surface area contributed by atoms with Gasteiger partial charge in [0, 0.05) is 11.1 Å². The van der Waals surface area contributed by atoms with E-state index in [9.17, 15) is 4.79 Å². The van der Waals surface area contributed by atoms with Crippen molar-refractivity contribution in [2.24, 2.45) is 0 Å². The minimum absolute atomic E-state index is 0.184. The number of aromatic nitrogens is 4. The van der Waals surface area contributed by atoms with Gasteiger partial charge in [-0.15, -0.1) is 0 Å². The molecule has 0 aliphatic rings. The maximum absolute atomic E-state index is 13.3. The quantitative estimate of drug-likeness (QED) is 0.497. The summed E-state index contributed by atoms with van der Waals surface area (Å²) in [7, 11) is 0. The van der Waals surface area contributed by atoms with Gasteiger partial charge in [-0.25, -0.2) is 14.6 Å². The molecule has 0 bridgehead atoms. The lowest BCUT2D eigenvalue weighted by Gasteiger charge is -2.20. The smallest absolute Gasteiger partial charge is 0.257 e. The summed E-state index contributed by atoms with van der Waals surface area (Å²) in [5.41, 5.74) is 3.57. The molecule has 0 saturated heterocycles. The maximum Gasteiger partial charge on any atom is 0.257 e. The topological polar surface area (TPSA) is 72.7 Å². The number of pyridine rings is 2.